The van der Waals surface area contributed by atoms with Crippen LogP contribution in [0.4, 0.5) is 0 Å². The van der Waals surface area contributed by atoms with E-state index in [9.17, 15) is 0 Å². The fourth-order valence-corrected chi connectivity index (χ4v) is 8.28. The van der Waals surface area contributed by atoms with Crippen LogP contribution in [0.15, 0.2) is 169 Å². The average molecular weight is 641 g/mol. The van der Waals surface area contributed by atoms with Crippen LogP contribution in [0, 0.1) is 0 Å². The first-order chi connectivity index (χ1) is 24.8. The van der Waals surface area contributed by atoms with E-state index in [2.05, 4.69) is 166 Å². The van der Waals surface area contributed by atoms with E-state index in [-0.39, 0.29) is 12.3 Å². The van der Waals surface area contributed by atoms with Crippen molar-refractivity contribution >= 4 is 71.3 Å². The number of para-hydroxylation sites is 5. The SMILES string of the molecule is c1ccc(C2=NC(c3ccccc3)NC(c3cc4c5ccccc5n5c6ccccc6n6c7ccccc7c7cccc(c(c3)c45)c76)[N-]2)cc1. The second kappa shape index (κ2) is 10.5. The lowest BCUT2D eigenvalue weighted by Crippen LogP contribution is -2.31. The molecule has 50 heavy (non-hydrogen) atoms. The van der Waals surface area contributed by atoms with E-state index in [1.54, 1.807) is 0 Å². The summed E-state index contributed by atoms with van der Waals surface area (Å²) < 4.78 is 4.95. The molecule has 0 amide bonds. The monoisotopic (exact) mass is 640 g/mol. The van der Waals surface area contributed by atoms with E-state index in [0.717, 1.165) is 28.0 Å². The molecule has 2 unspecified atom stereocenters. The van der Waals surface area contributed by atoms with Gasteiger partial charge in [0.15, 0.2) is 0 Å². The third-order valence-electron chi connectivity index (χ3n) is 10.4. The van der Waals surface area contributed by atoms with E-state index < -0.39 is 0 Å². The Morgan fingerprint density at radius 1 is 0.440 bits per heavy atom. The van der Waals surface area contributed by atoms with Gasteiger partial charge >= 0.3 is 0 Å². The summed E-state index contributed by atoms with van der Waals surface area (Å²) in [5, 5.41) is 16.5. The van der Waals surface area contributed by atoms with Crippen molar-refractivity contribution in [2.75, 3.05) is 0 Å². The first-order valence-electron chi connectivity index (χ1n) is 17.2. The predicted molar refractivity (Wildman–Crippen MR) is 207 cm³/mol. The molecule has 0 saturated heterocycles. The molecule has 10 aromatic rings. The number of hydrogen-bond donors (Lipinski definition) is 1. The van der Waals surface area contributed by atoms with Gasteiger partial charge < -0.3 is 24.4 Å². The maximum Gasteiger partial charge on any atom is 0.0703 e. The van der Waals surface area contributed by atoms with E-state index in [4.69, 9.17) is 10.3 Å². The molecule has 3 aromatic heterocycles. The molecule has 1 aliphatic heterocycles. The molecule has 0 bridgehead atoms. The number of fused-ring (bicyclic) bond motifs is 10. The highest BCUT2D eigenvalue weighted by Crippen LogP contribution is 2.43. The van der Waals surface area contributed by atoms with Gasteiger partial charge in [0.2, 0.25) is 0 Å². The van der Waals surface area contributed by atoms with Crippen molar-refractivity contribution in [1.82, 2.24) is 14.1 Å². The number of amidine groups is 1. The number of benzene rings is 7. The third-order valence-corrected chi connectivity index (χ3v) is 10.4. The Kier molecular flexibility index (Phi) is 5.80. The highest BCUT2D eigenvalue weighted by atomic mass is 15.3. The predicted octanol–water partition coefficient (Wildman–Crippen LogP) is 11.1. The molecule has 5 nitrogen and oxygen atoms in total. The standard InChI is InChI=1S/C45H30N5/c1-3-14-28(15-4-1)43-46-44(29-16-5-2-6-17-29)48-45(47-43)30-26-35-32-19-8-10-23-38(32)50-40-25-12-11-24-39(40)49-37-22-9-7-18-31(37)33-20-13-21-34(41(33)49)36(27-30)42(35)50/h1-27,43,45,47H/q-1. The molecule has 1 N–H and O–H groups in total. The van der Waals surface area contributed by atoms with Crippen LogP contribution in [-0.2, 0) is 0 Å². The molecule has 4 heterocycles. The molecule has 0 fully saturated rings. The Morgan fingerprint density at radius 2 is 0.920 bits per heavy atom. The Labute approximate surface area is 287 Å². The van der Waals surface area contributed by atoms with Gasteiger partial charge in [-0.1, -0.05) is 133 Å². The smallest absolute Gasteiger partial charge is 0.0703 e. The Balaban J connectivity index is 1.29. The fourth-order valence-electron chi connectivity index (χ4n) is 8.28. The lowest BCUT2D eigenvalue weighted by Gasteiger charge is -2.40. The van der Waals surface area contributed by atoms with E-state index in [1.807, 2.05) is 12.1 Å². The molecule has 0 saturated carbocycles. The van der Waals surface area contributed by atoms with Crippen LogP contribution in [0.1, 0.15) is 29.0 Å². The Hall–Kier alpha value is -6.43. The summed E-state index contributed by atoms with van der Waals surface area (Å²) in [5.41, 5.74) is 10.4. The minimum Gasteiger partial charge on any atom is -0.445 e. The van der Waals surface area contributed by atoms with Crippen LogP contribution in [0.3, 0.4) is 0 Å². The molecule has 0 radical (unpaired) electrons. The van der Waals surface area contributed by atoms with Crippen molar-refractivity contribution in [3.8, 4) is 0 Å². The van der Waals surface area contributed by atoms with Crippen molar-refractivity contribution < 1.29 is 0 Å². The highest BCUT2D eigenvalue weighted by molar-refractivity contribution is 6.25. The number of nitrogens with zero attached hydrogens (tertiary/aromatic N) is 4. The van der Waals surface area contributed by atoms with Crippen molar-refractivity contribution in [2.45, 2.75) is 12.3 Å². The van der Waals surface area contributed by atoms with E-state index in [0.29, 0.717) is 0 Å². The van der Waals surface area contributed by atoms with Crippen molar-refractivity contribution in [3.05, 3.63) is 186 Å². The van der Waals surface area contributed by atoms with Gasteiger partial charge in [-0.15, -0.1) is 0 Å². The number of hydrogen-bond acceptors (Lipinski definition) is 2. The van der Waals surface area contributed by atoms with Gasteiger partial charge in [-0.05, 0) is 53.1 Å². The first kappa shape index (κ1) is 27.5. The van der Waals surface area contributed by atoms with Gasteiger partial charge in [-0.25, -0.2) is 0 Å². The largest absolute Gasteiger partial charge is 0.445 e. The van der Waals surface area contributed by atoms with Gasteiger partial charge in [0.25, 0.3) is 0 Å². The Morgan fingerprint density at radius 3 is 1.58 bits per heavy atom. The second-order valence-corrected chi connectivity index (χ2v) is 13.2. The van der Waals surface area contributed by atoms with Gasteiger partial charge in [0.05, 0.1) is 33.1 Å². The van der Waals surface area contributed by atoms with Gasteiger partial charge in [0, 0.05) is 44.6 Å². The molecule has 0 spiro atoms. The van der Waals surface area contributed by atoms with Gasteiger partial charge in [0.1, 0.15) is 0 Å². The maximum atomic E-state index is 5.32. The zero-order valence-corrected chi connectivity index (χ0v) is 27.0. The number of rotatable bonds is 3. The van der Waals surface area contributed by atoms with Crippen LogP contribution < -0.4 is 5.32 Å². The summed E-state index contributed by atoms with van der Waals surface area (Å²) in [6.45, 7) is 0. The molecule has 0 aliphatic carbocycles. The fraction of sp³-hybridized carbons (Fsp3) is 0.0444. The molecule has 11 rings (SSSR count). The summed E-state index contributed by atoms with van der Waals surface area (Å²) in [6, 6.07) is 58.7. The molecule has 236 valence electrons. The van der Waals surface area contributed by atoms with Crippen molar-refractivity contribution in [3.63, 3.8) is 0 Å². The van der Waals surface area contributed by atoms with E-state index >= 15 is 0 Å². The Bertz CT molecular complexity index is 2990. The number of aromatic nitrogens is 2. The molecule has 1 aliphatic rings. The average Bonchev–Trinajstić information content (AvgIpc) is 3.70. The van der Waals surface area contributed by atoms with Crippen LogP contribution in [0.25, 0.3) is 70.7 Å². The van der Waals surface area contributed by atoms with Crippen LogP contribution in [0.5, 0.6) is 0 Å². The van der Waals surface area contributed by atoms with Gasteiger partial charge in [-0.3, -0.25) is 0 Å². The summed E-state index contributed by atoms with van der Waals surface area (Å²) in [5.74, 6) is 0.754. The summed E-state index contributed by atoms with van der Waals surface area (Å²) >= 11 is 0. The topological polar surface area (TPSA) is 47.3 Å². The number of aliphatic imine (C=N–C) groups is 1. The van der Waals surface area contributed by atoms with E-state index in [1.165, 1.54) is 59.9 Å². The maximum absolute atomic E-state index is 5.32. The molecule has 7 aromatic carbocycles. The minimum absolute atomic E-state index is 0.244. The van der Waals surface area contributed by atoms with Crippen LogP contribution in [0.2, 0.25) is 0 Å². The minimum atomic E-state index is -0.321. The third kappa shape index (κ3) is 3.89. The molecule has 5 heteroatoms. The quantitative estimate of drug-likeness (QED) is 0.205. The summed E-state index contributed by atoms with van der Waals surface area (Å²) in [7, 11) is 0. The normalized spacial score (nSPS) is 16.6. The highest BCUT2D eigenvalue weighted by Gasteiger charge is 2.23. The van der Waals surface area contributed by atoms with Crippen molar-refractivity contribution in [2.24, 2.45) is 4.99 Å². The second-order valence-electron chi connectivity index (χ2n) is 13.2. The lowest BCUT2D eigenvalue weighted by molar-refractivity contribution is 0.489. The number of nitrogens with one attached hydrogen (secondary N) is 1. The van der Waals surface area contributed by atoms with Crippen LogP contribution >= 0.6 is 0 Å². The summed E-state index contributed by atoms with van der Waals surface area (Å²) in [6.07, 6.45) is -0.565. The lowest BCUT2D eigenvalue weighted by atomic mass is 9.99. The van der Waals surface area contributed by atoms with Gasteiger partial charge in [-0.2, -0.15) is 0 Å². The molecular formula is C45H30N5-. The zero-order chi connectivity index (χ0) is 32.8. The molecule has 2 atom stereocenters. The van der Waals surface area contributed by atoms with Crippen molar-refractivity contribution in [1.29, 1.82) is 0 Å². The summed E-state index contributed by atoms with van der Waals surface area (Å²) in [4.78, 5) is 5.14. The van der Waals surface area contributed by atoms with Crippen LogP contribution in [-0.4, -0.2) is 14.6 Å². The first-order valence-corrected chi connectivity index (χ1v) is 17.2. The zero-order valence-electron chi connectivity index (χ0n) is 27.0. The molecular weight excluding hydrogens is 611 g/mol.